The molecule has 1 N–H and O–H groups in total. The second-order valence-electron chi connectivity index (χ2n) is 5.90. The molecule has 0 amide bonds. The predicted octanol–water partition coefficient (Wildman–Crippen LogP) is 4.65. The number of fused-ring (bicyclic) bond motifs is 1. The van der Waals surface area contributed by atoms with Gasteiger partial charge in [0.2, 0.25) is 0 Å². The van der Waals surface area contributed by atoms with Crippen LogP contribution in [0.4, 0.5) is 5.69 Å². The minimum Gasteiger partial charge on any atom is -0.496 e. The van der Waals surface area contributed by atoms with Crippen molar-refractivity contribution in [3.05, 3.63) is 59.3 Å². The first-order chi connectivity index (χ1) is 11.6. The molecular weight excluding hydrogens is 319 g/mol. The number of nitrogens with one attached hydrogen (secondary N) is 1. The van der Waals surface area contributed by atoms with Crippen molar-refractivity contribution in [1.82, 2.24) is 4.57 Å². The van der Waals surface area contributed by atoms with Gasteiger partial charge >= 0.3 is 0 Å². The first-order valence-corrected chi connectivity index (χ1v) is 9.33. The minimum absolute atomic E-state index is 0.405. The molecule has 126 valence electrons. The Hall–Kier alpha value is -2.03. The van der Waals surface area contributed by atoms with Crippen LogP contribution in [0, 0.1) is 6.92 Å². The summed E-state index contributed by atoms with van der Waals surface area (Å²) in [6.07, 6.45) is 3.02. The van der Waals surface area contributed by atoms with E-state index < -0.39 is 0 Å². The van der Waals surface area contributed by atoms with Gasteiger partial charge in [0, 0.05) is 39.4 Å². The second-order valence-corrected chi connectivity index (χ2v) is 6.51. The van der Waals surface area contributed by atoms with E-state index in [4.69, 9.17) is 9.36 Å². The molecule has 0 fully saturated rings. The highest BCUT2D eigenvalue weighted by molar-refractivity contribution is 7.31. The molecule has 3 rings (SSSR count). The summed E-state index contributed by atoms with van der Waals surface area (Å²) in [5, 5.41) is 1.23. The fourth-order valence-electron chi connectivity index (χ4n) is 2.99. The van der Waals surface area contributed by atoms with Crippen LogP contribution < -0.4 is 10.2 Å². The van der Waals surface area contributed by atoms with Crippen molar-refractivity contribution in [1.29, 1.82) is 0 Å². The number of hydrogen-bond acceptors (Lipinski definition) is 3. The fraction of sp³-hybridized carbons (Fsp3) is 0.263. The summed E-state index contributed by atoms with van der Waals surface area (Å²) in [6.45, 7) is 4.07. The van der Waals surface area contributed by atoms with Crippen molar-refractivity contribution in [2.45, 2.75) is 13.3 Å². The Morgan fingerprint density at radius 3 is 2.71 bits per heavy atom. The van der Waals surface area contributed by atoms with Gasteiger partial charge in [-0.3, -0.25) is 10.1 Å². The molecule has 0 aliphatic rings. The quantitative estimate of drug-likeness (QED) is 0.523. The summed E-state index contributed by atoms with van der Waals surface area (Å²) in [6, 6.07) is 12.7. The number of aryl methyl sites for hydroxylation is 2. The van der Waals surface area contributed by atoms with Gasteiger partial charge < -0.3 is 9.30 Å². The zero-order chi connectivity index (χ0) is 17.1. The molecule has 5 heteroatoms. The lowest BCUT2D eigenvalue weighted by molar-refractivity contribution is 0.410. The molecule has 0 spiro atoms. The molecule has 24 heavy (non-hydrogen) atoms. The molecule has 0 bridgehead atoms. The number of anilines is 1. The summed E-state index contributed by atoms with van der Waals surface area (Å²) >= 11 is 0. The van der Waals surface area contributed by atoms with E-state index in [9.17, 15) is 0 Å². The number of hydrogen-bond donors (Lipinski definition) is 1. The maximum absolute atomic E-state index is 5.56. The first kappa shape index (κ1) is 16.8. The van der Waals surface area contributed by atoms with Gasteiger partial charge in [-0.2, -0.15) is 0 Å². The molecule has 2 aromatic carbocycles. The van der Waals surface area contributed by atoms with E-state index in [-0.39, 0.29) is 0 Å². The van der Waals surface area contributed by atoms with Crippen LogP contribution in [0.1, 0.15) is 16.7 Å². The molecule has 0 radical (unpaired) electrons. The van der Waals surface area contributed by atoms with Gasteiger partial charge in [0.25, 0.3) is 0 Å². The largest absolute Gasteiger partial charge is 0.496 e. The maximum Gasteiger partial charge on any atom is 0.122 e. The highest BCUT2D eigenvalue weighted by Crippen LogP contribution is 2.29. The van der Waals surface area contributed by atoms with E-state index in [1.54, 1.807) is 7.11 Å². The van der Waals surface area contributed by atoms with E-state index in [0.29, 0.717) is 8.81 Å². The molecule has 4 nitrogen and oxygen atoms in total. The second kappa shape index (κ2) is 7.25. The Morgan fingerprint density at radius 1 is 1.12 bits per heavy atom. The Labute approximate surface area is 144 Å². The fourth-order valence-corrected chi connectivity index (χ4v) is 3.21. The molecular formula is C19H23N2O2P. The lowest BCUT2D eigenvalue weighted by atomic mass is 10.0. The van der Waals surface area contributed by atoms with Gasteiger partial charge in [0.15, 0.2) is 0 Å². The van der Waals surface area contributed by atoms with Crippen LogP contribution in [0.2, 0.25) is 0 Å². The molecule has 1 atom stereocenters. The Bertz CT molecular complexity index is 858. The summed E-state index contributed by atoms with van der Waals surface area (Å²) < 4.78 is 13.1. The average molecular weight is 342 g/mol. The van der Waals surface area contributed by atoms with Gasteiger partial charge in [-0.25, -0.2) is 0 Å². The third-order valence-electron chi connectivity index (χ3n) is 4.17. The third kappa shape index (κ3) is 3.40. The van der Waals surface area contributed by atoms with Gasteiger partial charge in [-0.05, 0) is 54.5 Å². The number of nitrogens with zero attached hydrogens (tertiary/aromatic N) is 1. The van der Waals surface area contributed by atoms with Crippen molar-refractivity contribution in [2.24, 2.45) is 7.05 Å². The normalized spacial score (nSPS) is 11.5. The van der Waals surface area contributed by atoms with Crippen LogP contribution >= 0.6 is 8.81 Å². The summed E-state index contributed by atoms with van der Waals surface area (Å²) in [5.74, 6) is 0.941. The molecule has 0 saturated heterocycles. The van der Waals surface area contributed by atoms with E-state index >= 15 is 0 Å². The number of ether oxygens (including phenoxy) is 1. The van der Waals surface area contributed by atoms with E-state index in [0.717, 1.165) is 17.9 Å². The van der Waals surface area contributed by atoms with Crippen molar-refractivity contribution in [3.8, 4) is 5.75 Å². The summed E-state index contributed by atoms with van der Waals surface area (Å²) in [5.41, 5.74) is 8.85. The molecule has 0 aliphatic carbocycles. The van der Waals surface area contributed by atoms with Gasteiger partial charge in [0.1, 0.15) is 5.75 Å². The van der Waals surface area contributed by atoms with E-state index in [1.807, 2.05) is 12.7 Å². The summed E-state index contributed by atoms with van der Waals surface area (Å²) in [7, 11) is 4.21. The van der Waals surface area contributed by atoms with Crippen molar-refractivity contribution in [3.63, 3.8) is 0 Å². The summed E-state index contributed by atoms with van der Waals surface area (Å²) in [4.78, 5) is 0. The van der Waals surface area contributed by atoms with Gasteiger partial charge in [-0.15, -0.1) is 0 Å². The molecule has 0 aliphatic heterocycles. The molecule has 0 saturated carbocycles. The lowest BCUT2D eigenvalue weighted by Crippen LogP contribution is -1.95. The average Bonchev–Trinajstić information content (AvgIpc) is 2.90. The van der Waals surface area contributed by atoms with Crippen LogP contribution in [0.5, 0.6) is 5.75 Å². The monoisotopic (exact) mass is 342 g/mol. The number of aromatic nitrogens is 1. The van der Waals surface area contributed by atoms with Gasteiger partial charge in [0.05, 0.1) is 12.8 Å². The lowest BCUT2D eigenvalue weighted by Gasteiger charge is -2.09. The van der Waals surface area contributed by atoms with Crippen LogP contribution in [-0.4, -0.2) is 18.3 Å². The third-order valence-corrected chi connectivity index (χ3v) is 4.47. The Kier molecular flexibility index (Phi) is 5.08. The van der Waals surface area contributed by atoms with Crippen molar-refractivity contribution >= 4 is 25.4 Å². The number of methoxy groups -OCH3 is 1. The number of rotatable bonds is 6. The van der Waals surface area contributed by atoms with Crippen LogP contribution in [0.3, 0.4) is 0 Å². The maximum atomic E-state index is 5.56. The zero-order valence-corrected chi connectivity index (χ0v) is 15.5. The SMILES string of the molecule is COc1cc(C)ccc1Cc1cn(C)c2ccc(NOPC)cc12. The standard InChI is InChI=1S/C19H23N2O2P/c1-13-5-6-14(19(9-13)22-3)10-15-12-21(2)18-8-7-16(11-17(15)18)20-23-24-4/h5-9,11-12,20,24H,10H2,1-4H3. The molecule has 1 heterocycles. The topological polar surface area (TPSA) is 35.4 Å². The predicted molar refractivity (Wildman–Crippen MR) is 102 cm³/mol. The number of benzene rings is 2. The first-order valence-electron chi connectivity index (χ1n) is 7.92. The van der Waals surface area contributed by atoms with Gasteiger partial charge in [-0.1, -0.05) is 12.1 Å². The Balaban J connectivity index is 1.99. The van der Waals surface area contributed by atoms with Crippen molar-refractivity contribution < 1.29 is 9.36 Å². The van der Waals surface area contributed by atoms with Crippen LogP contribution in [0.15, 0.2) is 42.6 Å². The smallest absolute Gasteiger partial charge is 0.122 e. The molecule has 1 aromatic heterocycles. The van der Waals surface area contributed by atoms with E-state index in [1.165, 1.54) is 27.6 Å². The zero-order valence-electron chi connectivity index (χ0n) is 14.5. The minimum atomic E-state index is 0.405. The Morgan fingerprint density at radius 2 is 1.96 bits per heavy atom. The molecule has 3 aromatic rings. The van der Waals surface area contributed by atoms with E-state index in [2.05, 4.69) is 60.5 Å². The van der Waals surface area contributed by atoms with Crippen LogP contribution in [-0.2, 0) is 18.1 Å². The van der Waals surface area contributed by atoms with Crippen molar-refractivity contribution in [2.75, 3.05) is 19.3 Å². The molecule has 1 unspecified atom stereocenters. The highest BCUT2D eigenvalue weighted by Gasteiger charge is 2.11. The van der Waals surface area contributed by atoms with Crippen LogP contribution in [0.25, 0.3) is 10.9 Å². The highest BCUT2D eigenvalue weighted by atomic mass is 31.1.